The van der Waals surface area contributed by atoms with E-state index in [0.29, 0.717) is 5.92 Å². The van der Waals surface area contributed by atoms with Gasteiger partial charge in [-0.05, 0) is 55.5 Å². The van der Waals surface area contributed by atoms with Gasteiger partial charge in [0.25, 0.3) is 0 Å². The quantitative estimate of drug-likeness (QED) is 0.732. The Hall–Kier alpha value is -1.90. The van der Waals surface area contributed by atoms with Crippen molar-refractivity contribution in [3.63, 3.8) is 0 Å². The number of rotatable bonds is 6. The monoisotopic (exact) mass is 313 g/mol. The summed E-state index contributed by atoms with van der Waals surface area (Å²) in [5.41, 5.74) is 3.81. The van der Waals surface area contributed by atoms with Crippen LogP contribution in [0, 0.1) is 6.92 Å². The molecule has 0 saturated carbocycles. The van der Waals surface area contributed by atoms with E-state index in [1.165, 1.54) is 29.8 Å². The zero-order valence-corrected chi connectivity index (χ0v) is 15.3. The van der Waals surface area contributed by atoms with Crippen LogP contribution in [0.5, 0.6) is 0 Å². The third-order valence-corrected chi connectivity index (χ3v) is 3.54. The molecule has 0 N–H and O–H groups in total. The Bertz CT molecular complexity index is 532. The number of pyridine rings is 2. The molecule has 0 atom stereocenters. The number of nitrogens with zero attached hydrogens (tertiary/aromatic N) is 3. The average molecular weight is 313 g/mol. The zero-order valence-electron chi connectivity index (χ0n) is 15.3. The lowest BCUT2D eigenvalue weighted by molar-refractivity contribution is 0.724. The topological polar surface area (TPSA) is 29.0 Å². The van der Waals surface area contributed by atoms with E-state index in [1.54, 1.807) is 12.4 Å². The number of hydrogen-bond acceptors (Lipinski definition) is 3. The lowest BCUT2D eigenvalue weighted by Gasteiger charge is -2.26. The van der Waals surface area contributed by atoms with Gasteiger partial charge in [0.1, 0.15) is 0 Å². The summed E-state index contributed by atoms with van der Waals surface area (Å²) >= 11 is 0. The first-order valence-electron chi connectivity index (χ1n) is 8.66. The highest BCUT2D eigenvalue weighted by molar-refractivity contribution is 5.51. The molecule has 0 aromatic carbocycles. The minimum Gasteiger partial charge on any atom is -0.370 e. The van der Waals surface area contributed by atoms with Crippen molar-refractivity contribution < 1.29 is 0 Å². The second kappa shape index (κ2) is 10.8. The molecule has 2 aromatic rings. The van der Waals surface area contributed by atoms with E-state index in [1.807, 2.05) is 31.3 Å². The molecule has 0 fully saturated rings. The molecule has 23 heavy (non-hydrogen) atoms. The summed E-state index contributed by atoms with van der Waals surface area (Å²) < 4.78 is 0. The Kier molecular flexibility index (Phi) is 8.96. The van der Waals surface area contributed by atoms with Crippen LogP contribution in [0.1, 0.15) is 57.7 Å². The summed E-state index contributed by atoms with van der Waals surface area (Å²) in [6.07, 6.45) is 7.85. The maximum Gasteiger partial charge on any atom is 0.0662 e. The van der Waals surface area contributed by atoms with E-state index in [-0.39, 0.29) is 0 Å². The second-order valence-corrected chi connectivity index (χ2v) is 6.07. The van der Waals surface area contributed by atoms with Crippen LogP contribution in [0.15, 0.2) is 42.9 Å². The van der Waals surface area contributed by atoms with Crippen molar-refractivity contribution in [2.75, 3.05) is 18.0 Å². The molecule has 2 rings (SSSR count). The SMILES string of the molecule is CCCN(CCC)c1cccnc1C(C)C.Cc1ccncc1. The van der Waals surface area contributed by atoms with Crippen LogP contribution in [-0.2, 0) is 0 Å². The fraction of sp³-hybridized carbons (Fsp3) is 0.500. The number of aromatic nitrogens is 2. The minimum atomic E-state index is 0.493. The fourth-order valence-electron chi connectivity index (χ4n) is 2.44. The molecular formula is C20H31N3. The van der Waals surface area contributed by atoms with Gasteiger partial charge in [-0.1, -0.05) is 27.7 Å². The molecule has 0 unspecified atom stereocenters. The van der Waals surface area contributed by atoms with Gasteiger partial charge in [0, 0.05) is 31.7 Å². The van der Waals surface area contributed by atoms with E-state index in [2.05, 4.69) is 48.6 Å². The summed E-state index contributed by atoms with van der Waals surface area (Å²) in [6.45, 7) is 13.2. The average Bonchev–Trinajstić information content (AvgIpc) is 2.56. The molecule has 2 heterocycles. The van der Waals surface area contributed by atoms with Gasteiger partial charge < -0.3 is 4.90 Å². The van der Waals surface area contributed by atoms with Gasteiger partial charge in [-0.2, -0.15) is 0 Å². The molecule has 0 aliphatic carbocycles. The Morgan fingerprint density at radius 3 is 2.00 bits per heavy atom. The van der Waals surface area contributed by atoms with E-state index in [9.17, 15) is 0 Å². The molecule has 3 heteroatoms. The lowest BCUT2D eigenvalue weighted by atomic mass is 10.1. The van der Waals surface area contributed by atoms with Crippen LogP contribution in [0.4, 0.5) is 5.69 Å². The summed E-state index contributed by atoms with van der Waals surface area (Å²) in [5.74, 6) is 0.493. The normalized spacial score (nSPS) is 10.2. The van der Waals surface area contributed by atoms with Crippen molar-refractivity contribution in [2.24, 2.45) is 0 Å². The highest BCUT2D eigenvalue weighted by Gasteiger charge is 2.12. The third kappa shape index (κ3) is 6.81. The summed E-state index contributed by atoms with van der Waals surface area (Å²) in [7, 11) is 0. The Labute approximate surface area is 141 Å². The molecule has 0 aliphatic rings. The van der Waals surface area contributed by atoms with Crippen LogP contribution in [0.25, 0.3) is 0 Å². The first-order chi connectivity index (χ1) is 11.1. The van der Waals surface area contributed by atoms with Gasteiger partial charge >= 0.3 is 0 Å². The maximum atomic E-state index is 4.52. The first kappa shape index (κ1) is 19.1. The van der Waals surface area contributed by atoms with Crippen molar-refractivity contribution in [1.82, 2.24) is 9.97 Å². The minimum absolute atomic E-state index is 0.493. The Morgan fingerprint density at radius 2 is 1.57 bits per heavy atom. The second-order valence-electron chi connectivity index (χ2n) is 6.07. The first-order valence-corrected chi connectivity index (χ1v) is 8.66. The maximum absolute atomic E-state index is 4.52. The van der Waals surface area contributed by atoms with E-state index in [4.69, 9.17) is 0 Å². The summed E-state index contributed by atoms with van der Waals surface area (Å²) in [6, 6.07) is 8.19. The largest absolute Gasteiger partial charge is 0.370 e. The smallest absolute Gasteiger partial charge is 0.0662 e. The van der Waals surface area contributed by atoms with E-state index < -0.39 is 0 Å². The van der Waals surface area contributed by atoms with Crippen LogP contribution >= 0.6 is 0 Å². The standard InChI is InChI=1S/C14H24N2.C6H7N/c1-5-10-16(11-6-2)13-8-7-9-15-14(13)12(3)4;1-6-2-4-7-5-3-6/h7-9,12H,5-6,10-11H2,1-4H3;2-5H,1H3. The molecule has 0 bridgehead atoms. The number of aryl methyl sites for hydroxylation is 1. The van der Waals surface area contributed by atoms with Gasteiger partial charge in [-0.25, -0.2) is 0 Å². The third-order valence-electron chi connectivity index (χ3n) is 3.54. The highest BCUT2D eigenvalue weighted by Crippen LogP contribution is 2.25. The lowest BCUT2D eigenvalue weighted by Crippen LogP contribution is -2.26. The van der Waals surface area contributed by atoms with Crippen LogP contribution in [0.3, 0.4) is 0 Å². The van der Waals surface area contributed by atoms with Crippen molar-refractivity contribution in [3.8, 4) is 0 Å². The van der Waals surface area contributed by atoms with Crippen molar-refractivity contribution in [2.45, 2.75) is 53.4 Å². The summed E-state index contributed by atoms with van der Waals surface area (Å²) in [4.78, 5) is 10.8. The van der Waals surface area contributed by atoms with E-state index >= 15 is 0 Å². The molecule has 0 aliphatic heterocycles. The van der Waals surface area contributed by atoms with Gasteiger partial charge in [0.2, 0.25) is 0 Å². The van der Waals surface area contributed by atoms with Crippen LogP contribution in [-0.4, -0.2) is 23.1 Å². The molecule has 126 valence electrons. The predicted octanol–water partition coefficient (Wildman–Crippen LogP) is 5.22. The molecule has 2 aromatic heterocycles. The van der Waals surface area contributed by atoms with Crippen molar-refractivity contribution in [1.29, 1.82) is 0 Å². The number of hydrogen-bond donors (Lipinski definition) is 0. The van der Waals surface area contributed by atoms with Crippen LogP contribution < -0.4 is 4.90 Å². The van der Waals surface area contributed by atoms with Gasteiger partial charge in [-0.15, -0.1) is 0 Å². The van der Waals surface area contributed by atoms with Gasteiger partial charge in [0.05, 0.1) is 11.4 Å². The highest BCUT2D eigenvalue weighted by atomic mass is 15.1. The van der Waals surface area contributed by atoms with Crippen LogP contribution in [0.2, 0.25) is 0 Å². The predicted molar refractivity (Wildman–Crippen MR) is 100 cm³/mol. The van der Waals surface area contributed by atoms with Gasteiger partial charge in [0.15, 0.2) is 0 Å². The molecular weight excluding hydrogens is 282 g/mol. The van der Waals surface area contributed by atoms with Gasteiger partial charge in [-0.3, -0.25) is 9.97 Å². The molecule has 0 saturated heterocycles. The molecule has 0 radical (unpaired) electrons. The Morgan fingerprint density at radius 1 is 0.957 bits per heavy atom. The van der Waals surface area contributed by atoms with Crippen molar-refractivity contribution in [3.05, 3.63) is 54.1 Å². The molecule has 0 spiro atoms. The Balaban J connectivity index is 0.000000313. The van der Waals surface area contributed by atoms with E-state index in [0.717, 1.165) is 13.1 Å². The summed E-state index contributed by atoms with van der Waals surface area (Å²) in [5, 5.41) is 0. The molecule has 3 nitrogen and oxygen atoms in total. The number of anilines is 1. The fourth-order valence-corrected chi connectivity index (χ4v) is 2.44. The van der Waals surface area contributed by atoms with Crippen molar-refractivity contribution >= 4 is 5.69 Å². The molecule has 0 amide bonds. The zero-order chi connectivity index (χ0) is 17.1.